The van der Waals surface area contributed by atoms with Crippen molar-refractivity contribution in [3.8, 4) is 0 Å². The van der Waals surface area contributed by atoms with Gasteiger partial charge in [-0.05, 0) is 48.9 Å². The van der Waals surface area contributed by atoms with Crippen LogP contribution in [-0.4, -0.2) is 20.9 Å². The number of nitrogens with one attached hydrogen (secondary N) is 1. The van der Waals surface area contributed by atoms with E-state index in [9.17, 15) is 17.6 Å². The molecule has 1 N–H and O–H groups in total. The maximum Gasteiger partial charge on any atom is 0.251 e. The first-order valence-corrected chi connectivity index (χ1v) is 10.3. The molecule has 0 heterocycles. The third-order valence-corrected chi connectivity index (χ3v) is 6.57. The van der Waals surface area contributed by atoms with Crippen molar-refractivity contribution in [2.24, 2.45) is 0 Å². The molecule has 0 radical (unpaired) electrons. The highest BCUT2D eigenvalue weighted by molar-refractivity contribution is 7.91. The van der Waals surface area contributed by atoms with E-state index in [1.165, 1.54) is 12.1 Å². The molecule has 0 aliphatic carbocycles. The van der Waals surface area contributed by atoms with Crippen LogP contribution in [0.2, 0.25) is 0 Å². The molecule has 3 aromatic carbocycles. The van der Waals surface area contributed by atoms with E-state index in [-0.39, 0.29) is 17.3 Å². The van der Waals surface area contributed by atoms with E-state index in [2.05, 4.69) is 5.32 Å². The second kappa shape index (κ2) is 8.35. The van der Waals surface area contributed by atoms with Gasteiger partial charge in [-0.25, -0.2) is 12.8 Å². The molecular weight excluding hydrogens is 377 g/mol. The van der Waals surface area contributed by atoms with E-state index < -0.39 is 20.9 Å². The first kappa shape index (κ1) is 19.8. The summed E-state index contributed by atoms with van der Waals surface area (Å²) in [5, 5.41) is 1.72. The number of benzene rings is 3. The topological polar surface area (TPSA) is 63.2 Å². The van der Waals surface area contributed by atoms with E-state index in [4.69, 9.17) is 0 Å². The molecular formula is C22H20FNO3S. The van der Waals surface area contributed by atoms with Crippen molar-refractivity contribution in [1.29, 1.82) is 0 Å². The summed E-state index contributed by atoms with van der Waals surface area (Å²) in [5.41, 5.74) is 2.03. The fraction of sp³-hybridized carbons (Fsp3) is 0.136. The molecule has 1 atom stereocenters. The zero-order valence-electron chi connectivity index (χ0n) is 15.3. The van der Waals surface area contributed by atoms with Crippen LogP contribution in [-0.2, 0) is 9.84 Å². The molecule has 28 heavy (non-hydrogen) atoms. The molecule has 6 heteroatoms. The molecule has 0 aliphatic heterocycles. The quantitative estimate of drug-likeness (QED) is 0.638. The van der Waals surface area contributed by atoms with E-state index >= 15 is 0 Å². The van der Waals surface area contributed by atoms with Gasteiger partial charge in [0, 0.05) is 12.1 Å². The van der Waals surface area contributed by atoms with E-state index in [0.29, 0.717) is 11.1 Å². The highest BCUT2D eigenvalue weighted by atomic mass is 32.2. The Morgan fingerprint density at radius 3 is 2.14 bits per heavy atom. The van der Waals surface area contributed by atoms with Gasteiger partial charge in [0.2, 0.25) is 0 Å². The Bertz CT molecular complexity index is 1050. The van der Waals surface area contributed by atoms with Crippen molar-refractivity contribution >= 4 is 15.7 Å². The summed E-state index contributed by atoms with van der Waals surface area (Å²) >= 11 is 0. The number of sulfone groups is 1. The zero-order valence-corrected chi connectivity index (χ0v) is 16.1. The summed E-state index contributed by atoms with van der Waals surface area (Å²) in [6.45, 7) is 1.82. The summed E-state index contributed by atoms with van der Waals surface area (Å²) in [6, 6.07) is 20.4. The maximum atomic E-state index is 13.2. The van der Waals surface area contributed by atoms with Crippen molar-refractivity contribution in [1.82, 2.24) is 5.32 Å². The monoisotopic (exact) mass is 397 g/mol. The lowest BCUT2D eigenvalue weighted by molar-refractivity contribution is 0.0953. The third kappa shape index (κ3) is 4.46. The molecule has 0 aliphatic rings. The van der Waals surface area contributed by atoms with Crippen LogP contribution in [0.4, 0.5) is 4.39 Å². The van der Waals surface area contributed by atoms with Crippen molar-refractivity contribution < 1.29 is 17.6 Å². The molecule has 0 saturated carbocycles. The lowest BCUT2D eigenvalue weighted by Crippen LogP contribution is -2.32. The predicted molar refractivity (Wildman–Crippen MR) is 106 cm³/mol. The molecule has 0 spiro atoms. The van der Waals surface area contributed by atoms with Crippen LogP contribution in [0.5, 0.6) is 0 Å². The van der Waals surface area contributed by atoms with Gasteiger partial charge in [0.15, 0.2) is 9.84 Å². The second-order valence-corrected chi connectivity index (χ2v) is 8.60. The molecule has 0 bridgehead atoms. The summed E-state index contributed by atoms with van der Waals surface area (Å²) in [4.78, 5) is 12.5. The minimum atomic E-state index is -3.84. The zero-order chi connectivity index (χ0) is 20.1. The second-order valence-electron chi connectivity index (χ2n) is 6.47. The lowest BCUT2D eigenvalue weighted by Gasteiger charge is -2.19. The van der Waals surface area contributed by atoms with E-state index in [0.717, 1.165) is 17.7 Å². The Morgan fingerprint density at radius 2 is 1.54 bits per heavy atom. The number of aryl methyl sites for hydroxylation is 1. The predicted octanol–water partition coefficient (Wildman–Crippen LogP) is 4.08. The standard InChI is InChI=1S/C22H20FNO3S/c1-16-7-9-18(10-8-16)22(25)24-15-21(17-5-3-2-4-6-17)28(26,27)20-13-11-19(23)12-14-20/h2-14,21H,15H2,1H3,(H,24,25). The first-order chi connectivity index (χ1) is 13.4. The summed E-state index contributed by atoms with van der Waals surface area (Å²) in [5.74, 6) is -0.863. The Hall–Kier alpha value is -2.99. The van der Waals surface area contributed by atoms with Crippen LogP contribution in [0.25, 0.3) is 0 Å². The number of halogens is 1. The maximum absolute atomic E-state index is 13.2. The fourth-order valence-electron chi connectivity index (χ4n) is 2.86. The van der Waals surface area contributed by atoms with Gasteiger partial charge in [-0.15, -0.1) is 0 Å². The van der Waals surface area contributed by atoms with Gasteiger partial charge in [-0.1, -0.05) is 48.0 Å². The van der Waals surface area contributed by atoms with Gasteiger partial charge in [0.05, 0.1) is 4.90 Å². The summed E-state index contributed by atoms with van der Waals surface area (Å²) in [7, 11) is -3.84. The summed E-state index contributed by atoms with van der Waals surface area (Å²) in [6.07, 6.45) is 0. The van der Waals surface area contributed by atoms with Crippen molar-refractivity contribution in [2.45, 2.75) is 17.1 Å². The first-order valence-electron chi connectivity index (χ1n) is 8.77. The molecule has 0 saturated heterocycles. The van der Waals surface area contributed by atoms with Crippen molar-refractivity contribution in [3.63, 3.8) is 0 Å². The van der Waals surface area contributed by atoms with Crippen LogP contribution in [0.15, 0.2) is 83.8 Å². The van der Waals surface area contributed by atoms with E-state index in [1.54, 1.807) is 42.5 Å². The van der Waals surface area contributed by atoms with Gasteiger partial charge in [-0.2, -0.15) is 0 Å². The van der Waals surface area contributed by atoms with Crippen molar-refractivity contribution in [3.05, 3.63) is 101 Å². The minimum absolute atomic E-state index is 0.00679. The number of rotatable bonds is 6. The number of hydrogen-bond donors (Lipinski definition) is 1. The SMILES string of the molecule is Cc1ccc(C(=O)NCC(c2ccccc2)S(=O)(=O)c2ccc(F)cc2)cc1. The molecule has 3 aromatic rings. The number of amides is 1. The molecule has 0 fully saturated rings. The van der Waals surface area contributed by atoms with Gasteiger partial charge in [0.25, 0.3) is 5.91 Å². The van der Waals surface area contributed by atoms with Crippen LogP contribution in [0, 0.1) is 12.7 Å². The molecule has 0 aromatic heterocycles. The largest absolute Gasteiger partial charge is 0.350 e. The Labute approximate surface area is 164 Å². The van der Waals surface area contributed by atoms with Crippen molar-refractivity contribution in [2.75, 3.05) is 6.54 Å². The average Bonchev–Trinajstić information content (AvgIpc) is 2.69. The molecule has 4 nitrogen and oxygen atoms in total. The Morgan fingerprint density at radius 1 is 0.929 bits per heavy atom. The fourth-order valence-corrected chi connectivity index (χ4v) is 4.52. The normalized spacial score (nSPS) is 12.4. The number of hydrogen-bond acceptors (Lipinski definition) is 3. The van der Waals surface area contributed by atoms with Gasteiger partial charge < -0.3 is 5.32 Å². The lowest BCUT2D eigenvalue weighted by atomic mass is 10.1. The number of carbonyl (C=O) groups is 1. The molecule has 1 unspecified atom stereocenters. The molecule has 144 valence electrons. The highest BCUT2D eigenvalue weighted by Gasteiger charge is 2.29. The van der Waals surface area contributed by atoms with Crippen LogP contribution >= 0.6 is 0 Å². The van der Waals surface area contributed by atoms with E-state index in [1.807, 2.05) is 19.1 Å². The van der Waals surface area contributed by atoms with Gasteiger partial charge >= 0.3 is 0 Å². The average molecular weight is 397 g/mol. The Balaban J connectivity index is 1.88. The molecule has 1 amide bonds. The number of carbonyl (C=O) groups excluding carboxylic acids is 1. The summed E-state index contributed by atoms with van der Waals surface area (Å²) < 4.78 is 39.5. The smallest absolute Gasteiger partial charge is 0.251 e. The van der Waals surface area contributed by atoms with Crippen LogP contribution < -0.4 is 5.32 Å². The van der Waals surface area contributed by atoms with Crippen LogP contribution in [0.1, 0.15) is 26.7 Å². The third-order valence-electron chi connectivity index (χ3n) is 4.45. The minimum Gasteiger partial charge on any atom is -0.350 e. The molecule has 3 rings (SSSR count). The van der Waals surface area contributed by atoms with Gasteiger partial charge in [0.1, 0.15) is 11.1 Å². The Kier molecular flexibility index (Phi) is 5.90. The van der Waals surface area contributed by atoms with Crippen LogP contribution in [0.3, 0.4) is 0 Å². The highest BCUT2D eigenvalue weighted by Crippen LogP contribution is 2.28. The van der Waals surface area contributed by atoms with Gasteiger partial charge in [-0.3, -0.25) is 4.79 Å².